The summed E-state index contributed by atoms with van der Waals surface area (Å²) in [5.74, 6) is 2.48. The quantitative estimate of drug-likeness (QED) is 0.508. The molecule has 2 N–H and O–H groups in total. The zero-order valence-corrected chi connectivity index (χ0v) is 20.8. The highest BCUT2D eigenvalue weighted by Crippen LogP contribution is 2.37. The van der Waals surface area contributed by atoms with Gasteiger partial charge in [-0.25, -0.2) is 0 Å². The van der Waals surface area contributed by atoms with Gasteiger partial charge in [0.1, 0.15) is 29.6 Å². The molecule has 0 radical (unpaired) electrons. The second-order valence-electron chi connectivity index (χ2n) is 8.68. The average molecular weight is 446 g/mol. The number of methoxy groups -OCH3 is 2. The second kappa shape index (κ2) is 11.4. The zero-order valence-electron chi connectivity index (χ0n) is 20.8. The molecule has 0 saturated heterocycles. The fraction of sp³-hybridized carbons (Fsp3) is 0.538. The lowest BCUT2D eigenvalue weighted by Gasteiger charge is -2.26. The molecule has 0 aliphatic rings. The molecule has 0 amide bonds. The van der Waals surface area contributed by atoms with E-state index < -0.39 is 0 Å². The summed E-state index contributed by atoms with van der Waals surface area (Å²) in [5, 5.41) is 20.7. The molecule has 2 aromatic rings. The Labute approximate surface area is 192 Å². The van der Waals surface area contributed by atoms with Crippen molar-refractivity contribution >= 4 is 0 Å². The number of hydrogen-bond donors (Lipinski definition) is 2. The number of ether oxygens (including phenoxy) is 3. The molecule has 0 fully saturated rings. The van der Waals surface area contributed by atoms with Crippen LogP contribution in [0.1, 0.15) is 53.1 Å². The Balaban J connectivity index is 2.22. The van der Waals surface area contributed by atoms with E-state index in [1.807, 2.05) is 33.8 Å². The summed E-state index contributed by atoms with van der Waals surface area (Å²) in [6.45, 7) is 15.0. The van der Waals surface area contributed by atoms with Gasteiger partial charge in [0, 0.05) is 37.9 Å². The van der Waals surface area contributed by atoms with Gasteiger partial charge >= 0.3 is 0 Å². The van der Waals surface area contributed by atoms with E-state index in [1.165, 1.54) is 0 Å². The average Bonchev–Trinajstić information content (AvgIpc) is 2.76. The van der Waals surface area contributed by atoms with Crippen molar-refractivity contribution in [2.45, 2.75) is 54.0 Å². The molecule has 0 atom stereocenters. The molecule has 178 valence electrons. The third-order valence-corrected chi connectivity index (χ3v) is 6.15. The number of hydrogen-bond acceptors (Lipinski definition) is 6. The van der Waals surface area contributed by atoms with Gasteiger partial charge < -0.3 is 24.4 Å². The van der Waals surface area contributed by atoms with E-state index in [-0.39, 0.29) is 5.92 Å². The van der Waals surface area contributed by atoms with Crippen molar-refractivity contribution in [1.29, 1.82) is 0 Å². The summed E-state index contributed by atoms with van der Waals surface area (Å²) < 4.78 is 17.2. The predicted octanol–water partition coefficient (Wildman–Crippen LogP) is 4.99. The van der Waals surface area contributed by atoms with Gasteiger partial charge in [-0.3, -0.25) is 4.90 Å². The van der Waals surface area contributed by atoms with Gasteiger partial charge in [0.2, 0.25) is 0 Å². The minimum Gasteiger partial charge on any atom is -0.508 e. The molecule has 2 aromatic carbocycles. The van der Waals surface area contributed by atoms with Crippen LogP contribution in [-0.2, 0) is 11.3 Å². The van der Waals surface area contributed by atoms with Crippen molar-refractivity contribution < 1.29 is 24.4 Å². The molecule has 6 nitrogen and oxygen atoms in total. The first kappa shape index (κ1) is 25.8. The molecule has 6 heteroatoms. The van der Waals surface area contributed by atoms with Crippen molar-refractivity contribution in [2.75, 3.05) is 40.5 Å². The van der Waals surface area contributed by atoms with Crippen LogP contribution in [0, 0.1) is 27.7 Å². The highest BCUT2D eigenvalue weighted by atomic mass is 16.5. The number of phenols is 2. The Hall–Kier alpha value is -2.44. The van der Waals surface area contributed by atoms with Crippen molar-refractivity contribution in [3.8, 4) is 23.0 Å². The maximum atomic E-state index is 10.6. The molecule has 32 heavy (non-hydrogen) atoms. The molecule has 0 aromatic heterocycles. The Morgan fingerprint density at radius 2 is 1.56 bits per heavy atom. The second-order valence-corrected chi connectivity index (χ2v) is 8.68. The first-order chi connectivity index (χ1) is 15.1. The van der Waals surface area contributed by atoms with Crippen LogP contribution in [0.5, 0.6) is 23.0 Å². The largest absolute Gasteiger partial charge is 0.508 e. The first-order valence-electron chi connectivity index (χ1n) is 11.1. The third-order valence-electron chi connectivity index (χ3n) is 6.15. The Kier molecular flexibility index (Phi) is 9.22. The van der Waals surface area contributed by atoms with Crippen LogP contribution in [0.2, 0.25) is 0 Å². The van der Waals surface area contributed by atoms with Gasteiger partial charge in [-0.05, 0) is 68.0 Å². The number of phenolic OH excluding ortho intramolecular Hbond substituents is 2. The molecule has 0 aliphatic carbocycles. The number of aromatic hydroxyl groups is 2. The van der Waals surface area contributed by atoms with Crippen LogP contribution in [0.15, 0.2) is 12.1 Å². The van der Waals surface area contributed by atoms with Crippen LogP contribution in [0.3, 0.4) is 0 Å². The normalized spacial score (nSPS) is 11.4. The molecule has 2 rings (SSSR count). The summed E-state index contributed by atoms with van der Waals surface area (Å²) >= 11 is 0. The smallest absolute Gasteiger partial charge is 0.127 e. The van der Waals surface area contributed by atoms with Crippen molar-refractivity contribution in [2.24, 2.45) is 0 Å². The van der Waals surface area contributed by atoms with Crippen molar-refractivity contribution in [3.63, 3.8) is 0 Å². The van der Waals surface area contributed by atoms with Crippen LogP contribution >= 0.6 is 0 Å². The molecule has 0 aliphatic heterocycles. The highest BCUT2D eigenvalue weighted by Gasteiger charge is 2.20. The van der Waals surface area contributed by atoms with Crippen molar-refractivity contribution in [3.05, 3.63) is 45.5 Å². The molecule has 0 heterocycles. The molecule has 0 spiro atoms. The van der Waals surface area contributed by atoms with E-state index in [4.69, 9.17) is 14.2 Å². The Morgan fingerprint density at radius 1 is 0.906 bits per heavy atom. The van der Waals surface area contributed by atoms with Crippen LogP contribution in [-0.4, -0.2) is 55.6 Å². The summed E-state index contributed by atoms with van der Waals surface area (Å²) in [7, 11) is 3.36. The zero-order chi connectivity index (χ0) is 24.0. The monoisotopic (exact) mass is 445 g/mol. The molecular formula is C26H39NO5. The highest BCUT2D eigenvalue weighted by molar-refractivity contribution is 5.57. The fourth-order valence-electron chi connectivity index (χ4n) is 3.90. The Bertz CT molecular complexity index is 923. The number of rotatable bonds is 11. The van der Waals surface area contributed by atoms with E-state index in [0.29, 0.717) is 37.8 Å². The topological polar surface area (TPSA) is 71.4 Å². The SMILES string of the molecule is COCCN(CCOc1cc(C)c(O)cc1C(C)C)Cc1c(C)c(O)c(C)c(C)c1OC. The molecule has 0 unspecified atom stereocenters. The van der Waals surface area contributed by atoms with Crippen LogP contribution in [0.25, 0.3) is 0 Å². The minimum atomic E-state index is 0.242. The van der Waals surface area contributed by atoms with Gasteiger partial charge in [-0.2, -0.15) is 0 Å². The van der Waals surface area contributed by atoms with Crippen LogP contribution < -0.4 is 9.47 Å². The van der Waals surface area contributed by atoms with E-state index >= 15 is 0 Å². The molecule has 0 saturated carbocycles. The fourth-order valence-corrected chi connectivity index (χ4v) is 3.90. The van der Waals surface area contributed by atoms with Gasteiger partial charge in [0.05, 0.1) is 13.7 Å². The summed E-state index contributed by atoms with van der Waals surface area (Å²) in [5.41, 5.74) is 5.41. The lowest BCUT2D eigenvalue weighted by molar-refractivity contribution is 0.129. The van der Waals surface area contributed by atoms with E-state index in [0.717, 1.165) is 51.4 Å². The summed E-state index contributed by atoms with van der Waals surface area (Å²) in [6, 6.07) is 3.70. The minimum absolute atomic E-state index is 0.242. The van der Waals surface area contributed by atoms with Crippen molar-refractivity contribution in [1.82, 2.24) is 4.90 Å². The predicted molar refractivity (Wildman–Crippen MR) is 128 cm³/mol. The van der Waals surface area contributed by atoms with Gasteiger partial charge in [-0.15, -0.1) is 0 Å². The van der Waals surface area contributed by atoms with E-state index in [2.05, 4.69) is 18.7 Å². The maximum absolute atomic E-state index is 10.6. The summed E-state index contributed by atoms with van der Waals surface area (Å²) in [4.78, 5) is 2.24. The third kappa shape index (κ3) is 5.87. The van der Waals surface area contributed by atoms with Crippen LogP contribution in [0.4, 0.5) is 0 Å². The maximum Gasteiger partial charge on any atom is 0.127 e. The number of nitrogens with zero attached hydrogens (tertiary/aromatic N) is 1. The number of aryl methyl sites for hydroxylation is 1. The first-order valence-corrected chi connectivity index (χ1v) is 11.1. The van der Waals surface area contributed by atoms with Gasteiger partial charge in [0.15, 0.2) is 0 Å². The lowest BCUT2D eigenvalue weighted by Crippen LogP contribution is -2.32. The number of benzene rings is 2. The molecule has 0 bridgehead atoms. The van der Waals surface area contributed by atoms with E-state index in [1.54, 1.807) is 20.3 Å². The Morgan fingerprint density at radius 3 is 2.16 bits per heavy atom. The van der Waals surface area contributed by atoms with E-state index in [9.17, 15) is 10.2 Å². The standard InChI is InChI=1S/C26H39NO5/c1-16(2)21-14-23(28)17(3)13-24(21)32-12-10-27(9-11-30-7)15-22-20(6)25(29)18(4)19(5)26(22)31-8/h13-14,16,28-29H,9-12,15H2,1-8H3. The van der Waals surface area contributed by atoms with Gasteiger partial charge in [0.25, 0.3) is 0 Å². The van der Waals surface area contributed by atoms with Gasteiger partial charge in [-0.1, -0.05) is 13.8 Å². The molecular weight excluding hydrogens is 406 g/mol. The lowest BCUT2D eigenvalue weighted by atomic mass is 9.97. The summed E-state index contributed by atoms with van der Waals surface area (Å²) in [6.07, 6.45) is 0.